The van der Waals surface area contributed by atoms with E-state index >= 15 is 0 Å². The predicted octanol–water partition coefficient (Wildman–Crippen LogP) is 2.69. The summed E-state index contributed by atoms with van der Waals surface area (Å²) in [7, 11) is 1.68. The van der Waals surface area contributed by atoms with Gasteiger partial charge in [-0.1, -0.05) is 13.0 Å². The minimum Gasteiger partial charge on any atom is -0.494 e. The molecule has 3 heteroatoms. The first-order chi connectivity index (χ1) is 8.67. The molecule has 18 heavy (non-hydrogen) atoms. The third kappa shape index (κ3) is 2.31. The van der Waals surface area contributed by atoms with Gasteiger partial charge in [0, 0.05) is 11.6 Å². The fourth-order valence-electron chi connectivity index (χ4n) is 2.28. The smallest absolute Gasteiger partial charge is 0.145 e. The zero-order valence-corrected chi connectivity index (χ0v) is 11.2. The van der Waals surface area contributed by atoms with Crippen molar-refractivity contribution in [1.82, 2.24) is 4.98 Å². The highest BCUT2D eigenvalue weighted by molar-refractivity contribution is 5.90. The van der Waals surface area contributed by atoms with Gasteiger partial charge in [-0.05, 0) is 49.1 Å². The van der Waals surface area contributed by atoms with Crippen molar-refractivity contribution in [1.29, 1.82) is 0 Å². The number of methoxy groups -OCH3 is 1. The molecular weight excluding hydrogens is 224 g/mol. The Labute approximate surface area is 108 Å². The van der Waals surface area contributed by atoms with Crippen LogP contribution < -0.4 is 10.5 Å². The van der Waals surface area contributed by atoms with Gasteiger partial charge in [0.25, 0.3) is 0 Å². The Kier molecular flexibility index (Phi) is 3.82. The number of fused-ring (bicyclic) bond motifs is 1. The van der Waals surface area contributed by atoms with Crippen molar-refractivity contribution in [3.05, 3.63) is 35.5 Å². The molecule has 96 valence electrons. The van der Waals surface area contributed by atoms with Crippen LogP contribution in [-0.2, 0) is 6.42 Å². The third-order valence-corrected chi connectivity index (χ3v) is 3.34. The summed E-state index contributed by atoms with van der Waals surface area (Å²) in [6, 6.07) is 6.16. The SMILES string of the molecule is COc1ccc(CC(C)CN)c2c(C)ccnc12. The van der Waals surface area contributed by atoms with E-state index in [-0.39, 0.29) is 0 Å². The van der Waals surface area contributed by atoms with Crippen LogP contribution in [0.4, 0.5) is 0 Å². The fourth-order valence-corrected chi connectivity index (χ4v) is 2.28. The van der Waals surface area contributed by atoms with Gasteiger partial charge in [-0.25, -0.2) is 0 Å². The highest BCUT2D eigenvalue weighted by Gasteiger charge is 2.11. The summed E-state index contributed by atoms with van der Waals surface area (Å²) in [5, 5.41) is 1.21. The standard InChI is InChI=1S/C15H20N2O/c1-10(9-16)8-12-4-5-13(18-3)15-14(12)11(2)6-7-17-15/h4-7,10H,8-9,16H2,1-3H3. The van der Waals surface area contributed by atoms with Crippen LogP contribution in [0, 0.1) is 12.8 Å². The lowest BCUT2D eigenvalue weighted by Gasteiger charge is -2.14. The van der Waals surface area contributed by atoms with Crippen molar-refractivity contribution in [2.75, 3.05) is 13.7 Å². The van der Waals surface area contributed by atoms with Crippen LogP contribution in [0.3, 0.4) is 0 Å². The molecular formula is C15H20N2O. The molecule has 0 aliphatic heterocycles. The van der Waals surface area contributed by atoms with E-state index in [0.29, 0.717) is 12.5 Å². The summed E-state index contributed by atoms with van der Waals surface area (Å²) in [4.78, 5) is 4.45. The van der Waals surface area contributed by atoms with Crippen molar-refractivity contribution in [3.8, 4) is 5.75 Å². The average molecular weight is 244 g/mol. The summed E-state index contributed by atoms with van der Waals surface area (Å²) in [5.74, 6) is 1.30. The quantitative estimate of drug-likeness (QED) is 0.899. The highest BCUT2D eigenvalue weighted by atomic mass is 16.5. The number of nitrogens with two attached hydrogens (primary N) is 1. The zero-order chi connectivity index (χ0) is 13.1. The fraction of sp³-hybridized carbons (Fsp3) is 0.400. The summed E-state index contributed by atoms with van der Waals surface area (Å²) < 4.78 is 5.38. The molecule has 0 bridgehead atoms. The number of aryl methyl sites for hydroxylation is 1. The molecule has 0 saturated carbocycles. The molecule has 2 rings (SSSR count). The van der Waals surface area contributed by atoms with E-state index in [1.807, 2.05) is 18.3 Å². The molecule has 0 saturated heterocycles. The molecule has 0 spiro atoms. The number of rotatable bonds is 4. The number of hydrogen-bond acceptors (Lipinski definition) is 3. The maximum Gasteiger partial charge on any atom is 0.145 e. The number of pyridine rings is 1. The molecule has 1 atom stereocenters. The van der Waals surface area contributed by atoms with Crippen molar-refractivity contribution in [2.45, 2.75) is 20.3 Å². The molecule has 1 aromatic heterocycles. The van der Waals surface area contributed by atoms with Crippen LogP contribution in [0.15, 0.2) is 24.4 Å². The first-order valence-corrected chi connectivity index (χ1v) is 6.28. The summed E-state index contributed by atoms with van der Waals surface area (Å²) in [6.07, 6.45) is 2.81. The topological polar surface area (TPSA) is 48.1 Å². The van der Waals surface area contributed by atoms with Crippen LogP contribution >= 0.6 is 0 Å². The van der Waals surface area contributed by atoms with Gasteiger partial charge in [0.1, 0.15) is 11.3 Å². The van der Waals surface area contributed by atoms with Gasteiger partial charge in [-0.3, -0.25) is 4.98 Å². The average Bonchev–Trinajstić information content (AvgIpc) is 2.39. The van der Waals surface area contributed by atoms with Gasteiger partial charge in [0.05, 0.1) is 7.11 Å². The molecule has 3 nitrogen and oxygen atoms in total. The third-order valence-electron chi connectivity index (χ3n) is 3.34. The summed E-state index contributed by atoms with van der Waals surface area (Å²) >= 11 is 0. The molecule has 0 fully saturated rings. The van der Waals surface area contributed by atoms with Crippen molar-refractivity contribution in [2.24, 2.45) is 11.7 Å². The highest BCUT2D eigenvalue weighted by Crippen LogP contribution is 2.30. The minimum absolute atomic E-state index is 0.473. The van der Waals surface area contributed by atoms with Crippen LogP contribution in [0.25, 0.3) is 10.9 Å². The molecule has 0 amide bonds. The second-order valence-electron chi connectivity index (χ2n) is 4.82. The minimum atomic E-state index is 0.473. The van der Waals surface area contributed by atoms with Gasteiger partial charge in [0.2, 0.25) is 0 Å². The lowest BCUT2D eigenvalue weighted by Crippen LogP contribution is -2.13. The first-order valence-electron chi connectivity index (χ1n) is 6.28. The van der Waals surface area contributed by atoms with Crippen molar-refractivity contribution in [3.63, 3.8) is 0 Å². The van der Waals surface area contributed by atoms with E-state index in [9.17, 15) is 0 Å². The first kappa shape index (κ1) is 12.8. The molecule has 2 aromatic rings. The van der Waals surface area contributed by atoms with Crippen LogP contribution in [-0.4, -0.2) is 18.6 Å². The van der Waals surface area contributed by atoms with Gasteiger partial charge in [-0.2, -0.15) is 0 Å². The number of hydrogen-bond donors (Lipinski definition) is 1. The molecule has 2 N–H and O–H groups in total. The van der Waals surface area contributed by atoms with Gasteiger partial charge in [-0.15, -0.1) is 0 Å². The second kappa shape index (κ2) is 5.36. The lowest BCUT2D eigenvalue weighted by molar-refractivity contribution is 0.418. The lowest BCUT2D eigenvalue weighted by atomic mass is 9.95. The second-order valence-corrected chi connectivity index (χ2v) is 4.82. The van der Waals surface area contributed by atoms with Gasteiger partial charge < -0.3 is 10.5 Å². The van der Waals surface area contributed by atoms with E-state index in [0.717, 1.165) is 17.7 Å². The Morgan fingerprint density at radius 3 is 2.78 bits per heavy atom. The predicted molar refractivity (Wildman–Crippen MR) is 75.0 cm³/mol. The Balaban J connectivity index is 2.61. The largest absolute Gasteiger partial charge is 0.494 e. The summed E-state index contributed by atoms with van der Waals surface area (Å²) in [5.41, 5.74) is 9.20. The van der Waals surface area contributed by atoms with E-state index in [1.54, 1.807) is 7.11 Å². The van der Waals surface area contributed by atoms with Crippen LogP contribution in [0.5, 0.6) is 5.75 Å². The van der Waals surface area contributed by atoms with E-state index in [4.69, 9.17) is 10.5 Å². The Morgan fingerprint density at radius 2 is 2.11 bits per heavy atom. The van der Waals surface area contributed by atoms with Crippen LogP contribution in [0.2, 0.25) is 0 Å². The zero-order valence-electron chi connectivity index (χ0n) is 11.2. The van der Waals surface area contributed by atoms with Crippen molar-refractivity contribution < 1.29 is 4.74 Å². The van der Waals surface area contributed by atoms with E-state index in [2.05, 4.69) is 24.9 Å². The maximum absolute atomic E-state index is 5.72. The number of nitrogens with zero attached hydrogens (tertiary/aromatic N) is 1. The van der Waals surface area contributed by atoms with E-state index < -0.39 is 0 Å². The molecule has 1 unspecified atom stereocenters. The molecule has 1 aromatic carbocycles. The monoisotopic (exact) mass is 244 g/mol. The number of ether oxygens (including phenoxy) is 1. The van der Waals surface area contributed by atoms with Crippen LogP contribution in [0.1, 0.15) is 18.1 Å². The Bertz CT molecular complexity index is 551. The Hall–Kier alpha value is -1.61. The molecule has 0 aliphatic rings. The van der Waals surface area contributed by atoms with Gasteiger partial charge >= 0.3 is 0 Å². The molecule has 0 aliphatic carbocycles. The Morgan fingerprint density at radius 1 is 1.33 bits per heavy atom. The van der Waals surface area contributed by atoms with E-state index in [1.165, 1.54) is 16.5 Å². The maximum atomic E-state index is 5.72. The van der Waals surface area contributed by atoms with Crippen molar-refractivity contribution >= 4 is 10.9 Å². The van der Waals surface area contributed by atoms with Gasteiger partial charge in [0.15, 0.2) is 0 Å². The number of aromatic nitrogens is 1. The molecule has 0 radical (unpaired) electrons. The normalized spacial score (nSPS) is 12.7. The molecule has 1 heterocycles. The summed E-state index contributed by atoms with van der Waals surface area (Å²) in [6.45, 7) is 4.98. The number of benzene rings is 1.